The van der Waals surface area contributed by atoms with E-state index >= 15 is 0 Å². The highest BCUT2D eigenvalue weighted by molar-refractivity contribution is 7.84. The summed E-state index contributed by atoms with van der Waals surface area (Å²) in [6, 6.07) is -10.8. The fourth-order valence-corrected chi connectivity index (χ4v) is 16.9. The number of aliphatic hydroxyl groups excluding tert-OH is 19. The molecular weight excluding hydrogens is 1860 g/mol. The van der Waals surface area contributed by atoms with Crippen LogP contribution in [-0.4, -0.2) is 520 Å². The first kappa shape index (κ1) is 104. The van der Waals surface area contributed by atoms with Crippen molar-refractivity contribution in [2.75, 3.05) is 26.4 Å². The molecule has 9 rings (SSSR count). The average molecular weight is 1940 g/mol. The van der Waals surface area contributed by atoms with Gasteiger partial charge in [0.25, 0.3) is 0 Å². The van der Waals surface area contributed by atoms with Crippen molar-refractivity contribution in [3.8, 4) is 0 Å². The van der Waals surface area contributed by atoms with Crippen LogP contribution in [0.2, 0.25) is 0 Å². The summed E-state index contributed by atoms with van der Waals surface area (Å²) in [4.78, 5) is 62.9. The number of nitrogens with one attached hydrogen (secondary N) is 4. The Balaban J connectivity index is 0.899. The molecule has 0 aromatic rings. The predicted molar refractivity (Wildman–Crippen MR) is 360 cm³/mol. The van der Waals surface area contributed by atoms with Gasteiger partial charge in [-0.1, -0.05) is 0 Å². The summed E-state index contributed by atoms with van der Waals surface area (Å²) in [5, 5.41) is 260. The Hall–Kier alpha value is -4.74. The third-order valence-electron chi connectivity index (χ3n) is 20.1. The quantitative estimate of drug-likeness (QED) is 0.0262. The molecule has 9 aliphatic heterocycles. The second-order valence-electron chi connectivity index (χ2n) is 28.4. The van der Waals surface area contributed by atoms with Gasteiger partial charge < -0.3 is 203 Å². The van der Waals surface area contributed by atoms with E-state index in [-0.39, 0.29) is 0 Å². The third kappa shape index (κ3) is 24.4. The predicted octanol–water partition coefficient (Wildman–Crippen LogP) is -22.7. The number of hydrogen-bond acceptors (Lipinski definition) is 52. The van der Waals surface area contributed by atoms with E-state index in [9.17, 15) is 211 Å². The zero-order valence-corrected chi connectivity index (χ0v) is 65.9. The van der Waals surface area contributed by atoms with Crippen molar-refractivity contribution in [1.29, 1.82) is 0 Å². The molecule has 724 valence electrons. The van der Waals surface area contributed by atoms with E-state index in [1.807, 2.05) is 0 Å². The molecule has 9 aliphatic rings. The van der Waals surface area contributed by atoms with Crippen LogP contribution in [0.3, 0.4) is 0 Å². The molecule has 71 heteroatoms. The van der Waals surface area contributed by atoms with Crippen LogP contribution in [0, 0.1) is 0 Å². The molecule has 45 atom stereocenters. The summed E-state index contributed by atoms with van der Waals surface area (Å²) in [5.41, 5.74) is 0. The molecule has 0 aromatic heterocycles. The van der Waals surface area contributed by atoms with Crippen LogP contribution >= 0.6 is 0 Å². The van der Waals surface area contributed by atoms with Crippen molar-refractivity contribution >= 4 is 81.5 Å². The molecule has 0 spiro atoms. The van der Waals surface area contributed by atoms with Gasteiger partial charge in [0.05, 0.1) is 26.4 Å². The van der Waals surface area contributed by atoms with Gasteiger partial charge in [-0.15, -0.1) is 0 Å². The van der Waals surface area contributed by atoms with Gasteiger partial charge in [-0.25, -0.2) is 28.2 Å². The van der Waals surface area contributed by atoms with Crippen molar-refractivity contribution in [3.63, 3.8) is 0 Å². The first-order valence-corrected chi connectivity index (χ1v) is 42.4. The van der Waals surface area contributed by atoms with Gasteiger partial charge in [0.1, 0.15) is 189 Å². The van der Waals surface area contributed by atoms with Crippen molar-refractivity contribution in [1.82, 2.24) is 18.9 Å². The lowest BCUT2D eigenvalue weighted by Crippen LogP contribution is -2.71. The maximum absolute atomic E-state index is 13.1. The fourth-order valence-electron chi connectivity index (χ4n) is 14.2. The molecule has 0 aliphatic carbocycles. The number of carboxylic acid groups (broad SMARTS) is 5. The van der Waals surface area contributed by atoms with Gasteiger partial charge in [0, 0.05) is 0 Å². The number of ether oxygens (including phenoxy) is 17. The van der Waals surface area contributed by atoms with Gasteiger partial charge in [-0.05, 0) is 0 Å². The van der Waals surface area contributed by atoms with Crippen molar-refractivity contribution in [2.24, 2.45) is 0 Å². The Kier molecular flexibility index (Phi) is 34.3. The molecule has 0 bridgehead atoms. The van der Waals surface area contributed by atoms with Crippen molar-refractivity contribution in [3.05, 3.63) is 0 Å². The van der Waals surface area contributed by atoms with Gasteiger partial charge in [-0.3, -0.25) is 22.8 Å². The molecule has 66 nitrogen and oxygen atoms in total. The average Bonchev–Trinajstić information content (AvgIpc) is 0.761. The molecular formula is C54H86N4O62S5. The fraction of sp³-hybridized carbons (Fsp3) is 0.907. The number of hydrogen-bond donors (Lipinski definition) is 33. The lowest BCUT2D eigenvalue weighted by atomic mass is 9.94. The Bertz CT molecular complexity index is 4300. The number of aliphatic hydroxyl groups is 19. The molecule has 0 unspecified atom stereocenters. The van der Waals surface area contributed by atoms with Crippen LogP contribution in [-0.2, 0) is 160 Å². The van der Waals surface area contributed by atoms with Crippen molar-refractivity contribution < 1.29 is 296 Å². The first-order chi connectivity index (χ1) is 57.7. The summed E-state index contributed by atoms with van der Waals surface area (Å²) in [7, 11) is -28.7. The molecule has 33 N–H and O–H groups in total. The van der Waals surface area contributed by atoms with E-state index in [0.29, 0.717) is 0 Å². The number of aliphatic carboxylic acids is 5. The Morgan fingerprint density at radius 2 is 0.464 bits per heavy atom. The van der Waals surface area contributed by atoms with E-state index in [0.717, 1.165) is 0 Å². The van der Waals surface area contributed by atoms with Gasteiger partial charge in [-0.2, -0.15) is 61.0 Å². The minimum absolute atomic E-state index is 1.31. The highest BCUT2D eigenvalue weighted by atomic mass is 32.3. The zero-order valence-electron chi connectivity index (χ0n) is 61.8. The summed E-state index contributed by atoms with van der Waals surface area (Å²) < 4.78 is 273. The largest absolute Gasteiger partial charge is 0.479 e. The summed E-state index contributed by atoms with van der Waals surface area (Å²) in [6.07, 6.45) is -109. The SMILES string of the molecule is O=C(O)[C@H]1O[C@@H](O[C@H]2[C@H](O)[C@@H](NS(=O)(=O)O)[C@@H](O[C@H]3[C@H](O)[C@@H](O)[C@H](O[C@H]4[C@H](O)[C@@H](NS(=O)(=O)O)[C@@H](O[C@H]5[C@H](O)[C@@H](O)[C@H](O[C@H]6[C@H](O)[C@@H](NS(=O)(=O)O)[C@@H](O[C@H]7[C@H](O)[C@@H](O)[C@H](O[C@H]8[C@H](O)[C@@H](NS(=O)(=O)O)[C@@H](O[C@H]9[C@H](O)[C@@H](O)[C@H](O)O[C@@H]9C(=O)O)O[C@@H]8COS(=O)(=O)O)O[C@@H]7C(=O)O)O[C@@H]6CO)O[C@@H]5C(=O)O)O[C@@H]4CO)O[C@@H]3C(=O)O)O[C@@H]2CO)[C@H](O)[C@@H](O)[C@@H]1O. The second-order valence-corrected chi connectivity index (χ2v) is 34.2. The second kappa shape index (κ2) is 41.2. The standard InChI is InChI=1S/C54H86N4O62S5/c59-1-5-28(109-51-24(73)17(66)18(67)36(117-51)41(77)78)13(62)9(55-121(88,89)90)47(104-5)114-33-20(69)25(74)52(118-38(33)43(81)82)110-29-6(2-60)105-48(10(14(29)63)56-122(91,92)93)115-34-21(70)26(75)53(119-39(34)44(83)84)111-30-7(3-61)106-49(11(15(30)64)57-123(94,95)96)116-35-22(71)27(76)54(120-40(35)45(85)86)112-31-8(4-103-125(100,101)102)107-50(12(16(31)65)58-124(97,98)99)113-32-19(68)23(72)46(87)108-37(32)42(79)80/h5-40,46-76,87H,1-4H2,(H,77,78)(H,79,80)(H,81,82)(H,83,84)(H,85,86)(H,88,89,90)(H,91,92,93)(H,94,95,96)(H,97,98,99)(H,100,101,102)/t5-,6-,7-,8-,9-,10-,11-,12-,13-,14-,15-,16-,17+,18+,19-,20-,21-,22-,23-,24-,25-,26-,27-,28-,29-,30-,31-,32+,33+,34+,35+,36+,37+,38+,39+,40+,46-,47-,48-,49-,50-,51-,52-,53-,54-/m1/s1. The van der Waals surface area contributed by atoms with Crippen LogP contribution in [0.25, 0.3) is 0 Å². The number of rotatable bonds is 35. The monoisotopic (exact) mass is 1940 g/mol. The van der Waals surface area contributed by atoms with Crippen LogP contribution in [0.5, 0.6) is 0 Å². The Morgan fingerprint density at radius 3 is 0.704 bits per heavy atom. The molecule has 0 aromatic carbocycles. The summed E-state index contributed by atoms with van der Waals surface area (Å²) in [6.45, 7) is -6.19. The maximum atomic E-state index is 13.1. The zero-order chi connectivity index (χ0) is 93.8. The van der Waals surface area contributed by atoms with Gasteiger partial charge in [0.2, 0.25) is 0 Å². The summed E-state index contributed by atoms with van der Waals surface area (Å²) in [5.74, 6) is -11.0. The van der Waals surface area contributed by atoms with E-state index in [4.69, 9.17) is 80.5 Å². The Morgan fingerprint density at radius 1 is 0.248 bits per heavy atom. The van der Waals surface area contributed by atoms with Crippen LogP contribution in [0.1, 0.15) is 0 Å². The van der Waals surface area contributed by atoms with E-state index in [1.165, 1.54) is 18.9 Å². The van der Waals surface area contributed by atoms with Crippen LogP contribution in [0.15, 0.2) is 0 Å². The minimum Gasteiger partial charge on any atom is -0.479 e. The normalized spacial score (nSPS) is 45.8. The molecule has 0 saturated carbocycles. The molecule has 0 radical (unpaired) electrons. The van der Waals surface area contributed by atoms with Gasteiger partial charge >= 0.3 is 81.5 Å². The molecule has 9 saturated heterocycles. The van der Waals surface area contributed by atoms with Gasteiger partial charge in [0.15, 0.2) is 87.1 Å². The van der Waals surface area contributed by atoms with Crippen LogP contribution < -0.4 is 18.9 Å². The molecule has 9 fully saturated rings. The number of carbonyl (C=O) groups is 5. The molecule has 125 heavy (non-hydrogen) atoms. The van der Waals surface area contributed by atoms with E-state index in [1.54, 1.807) is 0 Å². The lowest BCUT2D eigenvalue weighted by molar-refractivity contribution is -0.382. The third-order valence-corrected chi connectivity index (χ3v) is 22.8. The maximum Gasteiger partial charge on any atom is 0.397 e. The highest BCUT2D eigenvalue weighted by Crippen LogP contribution is 2.41. The van der Waals surface area contributed by atoms with E-state index in [2.05, 4.69) is 4.18 Å². The highest BCUT2D eigenvalue weighted by Gasteiger charge is 2.64. The summed E-state index contributed by atoms with van der Waals surface area (Å²) >= 11 is 0. The number of carboxylic acids is 5. The lowest BCUT2D eigenvalue weighted by Gasteiger charge is -2.50. The van der Waals surface area contributed by atoms with E-state index < -0.39 is 384 Å². The molecule has 0 amide bonds. The molecule has 9 heterocycles. The van der Waals surface area contributed by atoms with Crippen LogP contribution in [0.4, 0.5) is 0 Å². The smallest absolute Gasteiger partial charge is 0.397 e. The van der Waals surface area contributed by atoms with Crippen molar-refractivity contribution in [2.45, 2.75) is 276 Å². The minimum atomic E-state index is -5.84. The topological polar surface area (TPSA) is 1060 Å². The first-order valence-electron chi connectivity index (χ1n) is 35.3. The Labute approximate surface area is 696 Å².